The third kappa shape index (κ3) is 2.72. The fraction of sp³-hybridized carbons (Fsp3) is 0.0625. The number of amides is 1. The summed E-state index contributed by atoms with van der Waals surface area (Å²) >= 11 is 6.04. The predicted octanol–water partition coefficient (Wildman–Crippen LogP) is 3.21. The largest absolute Gasteiger partial charge is 0.339 e. The number of aromatic amines is 1. The molecule has 3 aromatic rings. The van der Waals surface area contributed by atoms with Gasteiger partial charge in [0.15, 0.2) is 0 Å². The van der Waals surface area contributed by atoms with E-state index < -0.39 is 10.0 Å². The molecule has 124 valence electrons. The Bertz CT molecular complexity index is 1000. The molecule has 0 aliphatic rings. The minimum Gasteiger partial charge on any atom is -0.339 e. The van der Waals surface area contributed by atoms with E-state index in [0.29, 0.717) is 28.0 Å². The molecule has 1 aromatic heterocycles. The molecule has 3 rings (SSSR count). The lowest BCUT2D eigenvalue weighted by molar-refractivity contribution is -0.105. The molecule has 24 heavy (non-hydrogen) atoms. The zero-order valence-corrected chi connectivity index (χ0v) is 14.2. The van der Waals surface area contributed by atoms with Gasteiger partial charge in [-0.25, -0.2) is 8.42 Å². The van der Waals surface area contributed by atoms with Gasteiger partial charge in [-0.3, -0.25) is 9.10 Å². The monoisotopic (exact) mass is 363 g/mol. The first-order valence-corrected chi connectivity index (χ1v) is 8.82. The van der Waals surface area contributed by atoms with E-state index in [2.05, 4.69) is 10.3 Å². The summed E-state index contributed by atoms with van der Waals surface area (Å²) in [5.74, 6) is 0.282. The number of fused-ring (bicyclic) bond motifs is 1. The van der Waals surface area contributed by atoms with Crippen molar-refractivity contribution in [2.45, 2.75) is 4.90 Å². The zero-order valence-electron chi connectivity index (χ0n) is 12.7. The van der Waals surface area contributed by atoms with Crippen molar-refractivity contribution in [1.82, 2.24) is 4.98 Å². The van der Waals surface area contributed by atoms with Crippen LogP contribution in [0.3, 0.4) is 0 Å². The molecule has 2 aromatic carbocycles. The van der Waals surface area contributed by atoms with Crippen molar-refractivity contribution >= 4 is 50.4 Å². The van der Waals surface area contributed by atoms with E-state index in [1.54, 1.807) is 36.4 Å². The summed E-state index contributed by atoms with van der Waals surface area (Å²) in [6.45, 7) is 0. The number of hydrogen-bond donors (Lipinski definition) is 2. The molecular formula is C16H14ClN3O3S. The highest BCUT2D eigenvalue weighted by Crippen LogP contribution is 2.38. The molecule has 0 saturated heterocycles. The molecule has 2 N–H and O–H groups in total. The maximum absolute atomic E-state index is 12.9. The SMILES string of the molecule is CN(c1c(NC=O)[nH]c2ccc(Cl)cc12)S(=O)(=O)c1ccccc1. The Morgan fingerprint density at radius 3 is 2.54 bits per heavy atom. The van der Waals surface area contributed by atoms with E-state index >= 15 is 0 Å². The molecule has 0 radical (unpaired) electrons. The van der Waals surface area contributed by atoms with Gasteiger partial charge in [0.1, 0.15) is 11.5 Å². The fourth-order valence-corrected chi connectivity index (χ4v) is 3.93. The van der Waals surface area contributed by atoms with Crippen molar-refractivity contribution < 1.29 is 13.2 Å². The summed E-state index contributed by atoms with van der Waals surface area (Å²) in [4.78, 5) is 14.0. The van der Waals surface area contributed by atoms with Crippen LogP contribution >= 0.6 is 11.6 Å². The third-order valence-corrected chi connectivity index (χ3v) is 5.66. The number of aromatic nitrogens is 1. The Kier molecular flexibility index (Phi) is 4.21. The zero-order chi connectivity index (χ0) is 17.3. The molecule has 0 aliphatic carbocycles. The summed E-state index contributed by atoms with van der Waals surface area (Å²) in [6.07, 6.45) is 0.485. The Morgan fingerprint density at radius 2 is 1.88 bits per heavy atom. The molecule has 8 heteroatoms. The predicted molar refractivity (Wildman–Crippen MR) is 95.0 cm³/mol. The van der Waals surface area contributed by atoms with Gasteiger partial charge in [-0.05, 0) is 30.3 Å². The molecule has 0 aliphatic heterocycles. The van der Waals surface area contributed by atoms with Crippen molar-refractivity contribution in [2.75, 3.05) is 16.7 Å². The normalized spacial score (nSPS) is 11.4. The summed E-state index contributed by atoms with van der Waals surface area (Å²) in [6, 6.07) is 13.1. The Hall–Kier alpha value is -2.51. The van der Waals surface area contributed by atoms with Crippen LogP contribution in [0.25, 0.3) is 10.9 Å². The van der Waals surface area contributed by atoms with E-state index in [0.717, 1.165) is 4.31 Å². The number of H-pyrrole nitrogens is 1. The second kappa shape index (κ2) is 6.18. The van der Waals surface area contributed by atoms with E-state index in [1.165, 1.54) is 19.2 Å². The number of sulfonamides is 1. The number of benzene rings is 2. The highest BCUT2D eigenvalue weighted by atomic mass is 35.5. The van der Waals surface area contributed by atoms with Gasteiger partial charge in [0, 0.05) is 23.0 Å². The lowest BCUT2D eigenvalue weighted by Gasteiger charge is -2.20. The molecule has 0 spiro atoms. The van der Waals surface area contributed by atoms with Gasteiger partial charge in [0.2, 0.25) is 6.41 Å². The van der Waals surface area contributed by atoms with Crippen molar-refractivity contribution in [2.24, 2.45) is 0 Å². The van der Waals surface area contributed by atoms with E-state index in [9.17, 15) is 13.2 Å². The van der Waals surface area contributed by atoms with Gasteiger partial charge >= 0.3 is 0 Å². The lowest BCUT2D eigenvalue weighted by Crippen LogP contribution is -2.27. The van der Waals surface area contributed by atoms with Gasteiger partial charge in [-0.15, -0.1) is 0 Å². The van der Waals surface area contributed by atoms with Crippen molar-refractivity contribution in [3.05, 3.63) is 53.6 Å². The lowest BCUT2D eigenvalue weighted by atomic mass is 10.2. The highest BCUT2D eigenvalue weighted by molar-refractivity contribution is 7.92. The molecule has 1 amide bonds. The van der Waals surface area contributed by atoms with E-state index in [-0.39, 0.29) is 10.7 Å². The smallest absolute Gasteiger partial charge is 0.264 e. The van der Waals surface area contributed by atoms with Crippen LogP contribution in [-0.4, -0.2) is 26.9 Å². The summed E-state index contributed by atoms with van der Waals surface area (Å²) in [7, 11) is -2.36. The summed E-state index contributed by atoms with van der Waals surface area (Å²) in [5, 5.41) is 3.56. The van der Waals surface area contributed by atoms with Crippen molar-refractivity contribution in [1.29, 1.82) is 0 Å². The average molecular weight is 364 g/mol. The van der Waals surface area contributed by atoms with Gasteiger partial charge in [0.25, 0.3) is 10.0 Å². The van der Waals surface area contributed by atoms with Crippen LogP contribution in [0.4, 0.5) is 11.5 Å². The number of carbonyl (C=O) groups is 1. The maximum Gasteiger partial charge on any atom is 0.264 e. The summed E-state index contributed by atoms with van der Waals surface area (Å²) in [5.41, 5.74) is 0.984. The van der Waals surface area contributed by atoms with E-state index in [4.69, 9.17) is 11.6 Å². The number of nitrogens with zero attached hydrogens (tertiary/aromatic N) is 1. The van der Waals surface area contributed by atoms with Crippen LogP contribution in [0.1, 0.15) is 0 Å². The molecule has 0 atom stereocenters. The number of anilines is 2. The third-order valence-electron chi connectivity index (χ3n) is 3.65. The minimum absolute atomic E-state index is 0.154. The van der Waals surface area contributed by atoms with E-state index in [1.807, 2.05) is 0 Å². The summed E-state index contributed by atoms with van der Waals surface area (Å²) < 4.78 is 26.9. The van der Waals surface area contributed by atoms with Crippen molar-refractivity contribution in [3.8, 4) is 0 Å². The van der Waals surface area contributed by atoms with Gasteiger partial charge in [0.05, 0.1) is 4.90 Å². The topological polar surface area (TPSA) is 82.3 Å². The minimum atomic E-state index is -3.79. The molecule has 0 fully saturated rings. The van der Waals surface area contributed by atoms with Crippen LogP contribution in [0.2, 0.25) is 5.02 Å². The number of hydrogen-bond acceptors (Lipinski definition) is 3. The molecular weight excluding hydrogens is 350 g/mol. The maximum atomic E-state index is 12.9. The quantitative estimate of drug-likeness (QED) is 0.683. The van der Waals surface area contributed by atoms with Gasteiger partial charge in [-0.1, -0.05) is 29.8 Å². The Balaban J connectivity index is 2.22. The Morgan fingerprint density at radius 1 is 1.17 bits per heavy atom. The van der Waals surface area contributed by atoms with Crippen LogP contribution in [0.5, 0.6) is 0 Å². The van der Waals surface area contributed by atoms with Crippen LogP contribution < -0.4 is 9.62 Å². The van der Waals surface area contributed by atoms with Gasteiger partial charge in [-0.2, -0.15) is 0 Å². The molecule has 0 bridgehead atoms. The fourth-order valence-electron chi connectivity index (χ4n) is 2.51. The highest BCUT2D eigenvalue weighted by Gasteiger charge is 2.26. The number of halogens is 1. The number of carbonyl (C=O) groups excluding carboxylic acids is 1. The standard InChI is InChI=1S/C16H14ClN3O3S/c1-20(24(22,23)12-5-3-2-4-6-12)15-13-9-11(17)7-8-14(13)19-16(15)18-10-21/h2-10,19H,1H3,(H,18,21). The van der Waals surface area contributed by atoms with Gasteiger partial charge < -0.3 is 10.3 Å². The van der Waals surface area contributed by atoms with Crippen LogP contribution in [0.15, 0.2) is 53.4 Å². The first-order valence-electron chi connectivity index (χ1n) is 7.00. The molecule has 1 heterocycles. The van der Waals surface area contributed by atoms with Crippen LogP contribution in [-0.2, 0) is 14.8 Å². The second-order valence-corrected chi connectivity index (χ2v) is 7.49. The average Bonchev–Trinajstić information content (AvgIpc) is 2.92. The van der Waals surface area contributed by atoms with Crippen molar-refractivity contribution in [3.63, 3.8) is 0 Å². The first-order chi connectivity index (χ1) is 11.4. The first kappa shape index (κ1) is 16.4. The number of rotatable bonds is 5. The second-order valence-electron chi connectivity index (χ2n) is 5.09. The molecule has 0 saturated carbocycles. The van der Waals surface area contributed by atoms with Crippen LogP contribution in [0, 0.1) is 0 Å². The Labute approximate surface area is 144 Å². The molecule has 6 nitrogen and oxygen atoms in total. The molecule has 0 unspecified atom stereocenters. The number of nitrogens with one attached hydrogen (secondary N) is 2.